The molecule has 1 atom stereocenters. The Kier molecular flexibility index (Phi) is 5.49. The Morgan fingerprint density at radius 1 is 1.07 bits per heavy atom. The lowest BCUT2D eigenvalue weighted by Crippen LogP contribution is -2.30. The van der Waals surface area contributed by atoms with Gasteiger partial charge in [0.2, 0.25) is 0 Å². The number of esters is 1. The number of ether oxygens (including phenoxy) is 1. The van der Waals surface area contributed by atoms with Crippen LogP contribution in [-0.4, -0.2) is 32.9 Å². The molecule has 4 rings (SSSR count). The summed E-state index contributed by atoms with van der Waals surface area (Å²) in [5.41, 5.74) is 4.17. The number of anilines is 1. The third-order valence-electron chi connectivity index (χ3n) is 4.45. The molecule has 0 fully saturated rings. The number of aromatic nitrogens is 3. The number of hydrogen-bond donors (Lipinski definition) is 1. The molecule has 0 aliphatic heterocycles. The average Bonchev–Trinajstić information content (AvgIpc) is 3.22. The number of aryl methyl sites for hydroxylation is 1. The second-order valence-corrected chi connectivity index (χ2v) is 7.53. The van der Waals surface area contributed by atoms with Gasteiger partial charge in [-0.25, -0.2) is 9.78 Å². The van der Waals surface area contributed by atoms with E-state index in [1.807, 2.05) is 36.6 Å². The summed E-state index contributed by atoms with van der Waals surface area (Å²) in [6.07, 6.45) is 2.05. The van der Waals surface area contributed by atoms with Crippen molar-refractivity contribution in [2.45, 2.75) is 20.0 Å². The SMILES string of the molecule is Cc1ccc(-c2csc(NC(=O)C(C)OC(=O)c3cccc4nccnc34)n2)cc1. The zero-order valence-corrected chi connectivity index (χ0v) is 17.1. The summed E-state index contributed by atoms with van der Waals surface area (Å²) in [6.45, 7) is 3.53. The van der Waals surface area contributed by atoms with Gasteiger partial charge in [0.05, 0.1) is 16.8 Å². The summed E-state index contributed by atoms with van der Waals surface area (Å²) in [4.78, 5) is 37.8. The van der Waals surface area contributed by atoms with Crippen LogP contribution < -0.4 is 5.32 Å². The second kappa shape index (κ2) is 8.38. The van der Waals surface area contributed by atoms with E-state index in [2.05, 4.69) is 20.3 Å². The quantitative estimate of drug-likeness (QED) is 0.487. The third-order valence-corrected chi connectivity index (χ3v) is 5.21. The van der Waals surface area contributed by atoms with E-state index in [9.17, 15) is 9.59 Å². The lowest BCUT2D eigenvalue weighted by atomic mass is 10.1. The number of fused-ring (bicyclic) bond motifs is 1. The maximum absolute atomic E-state index is 12.6. The lowest BCUT2D eigenvalue weighted by Gasteiger charge is -2.13. The van der Waals surface area contributed by atoms with Crippen LogP contribution in [-0.2, 0) is 9.53 Å². The van der Waals surface area contributed by atoms with Crippen LogP contribution in [0.25, 0.3) is 22.3 Å². The van der Waals surface area contributed by atoms with Crippen molar-refractivity contribution in [2.75, 3.05) is 5.32 Å². The maximum Gasteiger partial charge on any atom is 0.341 e. The molecule has 4 aromatic rings. The van der Waals surface area contributed by atoms with Gasteiger partial charge in [0.1, 0.15) is 5.52 Å². The molecule has 150 valence electrons. The Morgan fingerprint density at radius 2 is 1.83 bits per heavy atom. The van der Waals surface area contributed by atoms with E-state index in [1.54, 1.807) is 24.4 Å². The van der Waals surface area contributed by atoms with Crippen LogP contribution in [0, 0.1) is 6.92 Å². The number of carbonyl (C=O) groups is 2. The zero-order valence-electron chi connectivity index (χ0n) is 16.3. The first kappa shape index (κ1) is 19.7. The fraction of sp³-hybridized carbons (Fsp3) is 0.136. The number of hydrogen-bond acceptors (Lipinski definition) is 7. The normalized spacial score (nSPS) is 11.8. The van der Waals surface area contributed by atoms with E-state index in [-0.39, 0.29) is 5.56 Å². The number of benzene rings is 2. The largest absolute Gasteiger partial charge is 0.449 e. The molecule has 2 aromatic heterocycles. The maximum atomic E-state index is 12.6. The summed E-state index contributed by atoms with van der Waals surface area (Å²) >= 11 is 1.31. The molecule has 2 aromatic carbocycles. The Balaban J connectivity index is 1.43. The van der Waals surface area contributed by atoms with Crippen molar-refractivity contribution >= 4 is 39.4 Å². The van der Waals surface area contributed by atoms with Crippen LogP contribution in [0.15, 0.2) is 60.2 Å². The van der Waals surface area contributed by atoms with Crippen molar-refractivity contribution in [3.8, 4) is 11.3 Å². The summed E-state index contributed by atoms with van der Waals surface area (Å²) in [7, 11) is 0. The molecule has 0 radical (unpaired) electrons. The minimum absolute atomic E-state index is 0.260. The summed E-state index contributed by atoms with van der Waals surface area (Å²) in [6, 6.07) is 13.0. The van der Waals surface area contributed by atoms with E-state index in [0.29, 0.717) is 16.2 Å². The van der Waals surface area contributed by atoms with Gasteiger partial charge < -0.3 is 4.74 Å². The highest BCUT2D eigenvalue weighted by atomic mass is 32.1. The second-order valence-electron chi connectivity index (χ2n) is 6.67. The number of rotatable bonds is 5. The van der Waals surface area contributed by atoms with Crippen LogP contribution in [0.4, 0.5) is 5.13 Å². The predicted octanol–water partition coefficient (Wildman–Crippen LogP) is 4.25. The first-order chi connectivity index (χ1) is 14.5. The molecular weight excluding hydrogens is 400 g/mol. The van der Waals surface area contributed by atoms with Crippen molar-refractivity contribution < 1.29 is 14.3 Å². The van der Waals surface area contributed by atoms with Crippen LogP contribution in [0.3, 0.4) is 0 Å². The first-order valence-corrected chi connectivity index (χ1v) is 10.1. The average molecular weight is 418 g/mol. The zero-order chi connectivity index (χ0) is 21.1. The summed E-state index contributed by atoms with van der Waals surface area (Å²) in [5, 5.41) is 5.01. The number of carbonyl (C=O) groups excluding carboxylic acids is 2. The number of nitrogens with one attached hydrogen (secondary N) is 1. The minimum Gasteiger partial charge on any atom is -0.449 e. The van der Waals surface area contributed by atoms with Gasteiger partial charge in [-0.15, -0.1) is 11.3 Å². The van der Waals surface area contributed by atoms with Crippen molar-refractivity contribution in [1.29, 1.82) is 0 Å². The number of para-hydroxylation sites is 1. The molecule has 0 saturated heterocycles. The third kappa shape index (κ3) is 4.18. The Labute approximate surface area is 176 Å². The molecule has 0 aliphatic rings. The van der Waals surface area contributed by atoms with E-state index >= 15 is 0 Å². The molecule has 8 heteroatoms. The molecule has 0 bridgehead atoms. The molecule has 2 heterocycles. The molecule has 0 aliphatic carbocycles. The fourth-order valence-corrected chi connectivity index (χ4v) is 3.55. The first-order valence-electron chi connectivity index (χ1n) is 9.25. The van der Waals surface area contributed by atoms with Crippen molar-refractivity contribution in [1.82, 2.24) is 15.0 Å². The number of thiazole rings is 1. The topological polar surface area (TPSA) is 94.1 Å². The van der Waals surface area contributed by atoms with Crippen molar-refractivity contribution in [3.63, 3.8) is 0 Å². The van der Waals surface area contributed by atoms with Crippen molar-refractivity contribution in [3.05, 3.63) is 71.4 Å². The molecule has 1 amide bonds. The molecule has 1 unspecified atom stereocenters. The van der Waals surface area contributed by atoms with Gasteiger partial charge in [-0.1, -0.05) is 35.9 Å². The molecule has 0 spiro atoms. The molecule has 7 nitrogen and oxygen atoms in total. The van der Waals surface area contributed by atoms with E-state index in [4.69, 9.17) is 4.74 Å². The standard InChI is InChI=1S/C22H18N4O3S/c1-13-6-8-15(9-7-13)18-12-30-22(25-18)26-20(27)14(2)29-21(28)16-4-3-5-17-19(16)24-11-10-23-17/h3-12,14H,1-2H3,(H,25,26,27). The van der Waals surface area contributed by atoms with Crippen LogP contribution in [0.5, 0.6) is 0 Å². The summed E-state index contributed by atoms with van der Waals surface area (Å²) in [5.74, 6) is -1.09. The number of nitrogens with zero attached hydrogens (tertiary/aromatic N) is 3. The Bertz CT molecular complexity index is 1220. The van der Waals surface area contributed by atoms with Crippen LogP contribution >= 0.6 is 11.3 Å². The van der Waals surface area contributed by atoms with Crippen molar-refractivity contribution in [2.24, 2.45) is 0 Å². The van der Waals surface area contributed by atoms with Crippen LogP contribution in [0.1, 0.15) is 22.8 Å². The van der Waals surface area contributed by atoms with E-state index in [0.717, 1.165) is 16.8 Å². The Hall–Kier alpha value is -3.65. The highest BCUT2D eigenvalue weighted by molar-refractivity contribution is 7.14. The van der Waals surface area contributed by atoms with Gasteiger partial charge >= 0.3 is 5.97 Å². The minimum atomic E-state index is -1.00. The van der Waals surface area contributed by atoms with Crippen LogP contribution in [0.2, 0.25) is 0 Å². The molecular formula is C22H18N4O3S. The van der Waals surface area contributed by atoms with E-state index < -0.39 is 18.0 Å². The van der Waals surface area contributed by atoms with Gasteiger partial charge in [0, 0.05) is 23.3 Å². The monoisotopic (exact) mass is 418 g/mol. The highest BCUT2D eigenvalue weighted by Gasteiger charge is 2.22. The summed E-state index contributed by atoms with van der Waals surface area (Å²) < 4.78 is 5.34. The van der Waals surface area contributed by atoms with Gasteiger partial charge in [-0.05, 0) is 26.0 Å². The number of amides is 1. The molecule has 0 saturated carbocycles. The van der Waals surface area contributed by atoms with Gasteiger partial charge in [0.15, 0.2) is 11.2 Å². The van der Waals surface area contributed by atoms with E-state index in [1.165, 1.54) is 24.5 Å². The predicted molar refractivity (Wildman–Crippen MR) is 115 cm³/mol. The fourth-order valence-electron chi connectivity index (χ4n) is 2.83. The molecule has 30 heavy (non-hydrogen) atoms. The van der Waals surface area contributed by atoms with Gasteiger partial charge in [0.25, 0.3) is 5.91 Å². The Morgan fingerprint density at radius 3 is 2.63 bits per heavy atom. The van der Waals surface area contributed by atoms with Gasteiger partial charge in [-0.3, -0.25) is 20.1 Å². The molecule has 1 N–H and O–H groups in total. The van der Waals surface area contributed by atoms with Gasteiger partial charge in [-0.2, -0.15) is 0 Å². The highest BCUT2D eigenvalue weighted by Crippen LogP contribution is 2.25. The smallest absolute Gasteiger partial charge is 0.341 e. The lowest BCUT2D eigenvalue weighted by molar-refractivity contribution is -0.123.